The highest BCUT2D eigenvalue weighted by Crippen LogP contribution is 2.18. The molecule has 2 rings (SSSR count). The van der Waals surface area contributed by atoms with E-state index in [0.29, 0.717) is 22.4 Å². The molecule has 0 radical (unpaired) electrons. The van der Waals surface area contributed by atoms with Crippen molar-refractivity contribution in [3.63, 3.8) is 0 Å². The number of benzene rings is 2. The molecule has 0 aliphatic rings. The van der Waals surface area contributed by atoms with Crippen molar-refractivity contribution in [1.29, 1.82) is 0 Å². The molecule has 0 aliphatic carbocycles. The summed E-state index contributed by atoms with van der Waals surface area (Å²) in [5.74, 6) is 4.64. The van der Waals surface area contributed by atoms with E-state index in [2.05, 4.69) is 22.2 Å². The summed E-state index contributed by atoms with van der Waals surface area (Å²) in [5, 5.41) is 7.75. The Labute approximate surface area is 169 Å². The normalized spacial score (nSPS) is 11.3. The van der Waals surface area contributed by atoms with E-state index in [-0.39, 0.29) is 18.1 Å². The van der Waals surface area contributed by atoms with E-state index < -0.39 is 5.97 Å². The molecule has 0 unspecified atom stereocenters. The highest BCUT2D eigenvalue weighted by Gasteiger charge is 2.20. The molecule has 0 fully saturated rings. The second-order valence-electron chi connectivity index (χ2n) is 5.93. The predicted octanol–water partition coefficient (Wildman–Crippen LogP) is 3.60. The number of hydrogen-bond donors (Lipinski definition) is 0. The summed E-state index contributed by atoms with van der Waals surface area (Å²) in [5.41, 5.74) is 3.11. The van der Waals surface area contributed by atoms with Crippen LogP contribution in [0.4, 0.5) is 4.39 Å². The molecule has 0 spiro atoms. The van der Waals surface area contributed by atoms with Crippen molar-refractivity contribution >= 4 is 17.4 Å². The molecule has 150 valence electrons. The maximum absolute atomic E-state index is 13.2. The lowest BCUT2D eigenvalue weighted by Crippen LogP contribution is -2.20. The Hall–Kier alpha value is -3.66. The molecule has 0 bridgehead atoms. The van der Waals surface area contributed by atoms with Gasteiger partial charge in [-0.25, -0.2) is 9.18 Å². The lowest BCUT2D eigenvalue weighted by molar-refractivity contribution is -0.132. The second-order valence-corrected chi connectivity index (χ2v) is 5.93. The number of rotatable bonds is 6. The fourth-order valence-corrected chi connectivity index (χ4v) is 2.45. The Balaban J connectivity index is 2.19. The van der Waals surface area contributed by atoms with Crippen molar-refractivity contribution in [2.75, 3.05) is 14.2 Å². The number of ether oxygens (including phenoxy) is 1. The van der Waals surface area contributed by atoms with E-state index in [1.807, 2.05) is 13.0 Å². The van der Waals surface area contributed by atoms with Crippen LogP contribution in [0.1, 0.15) is 29.2 Å². The summed E-state index contributed by atoms with van der Waals surface area (Å²) >= 11 is 0. The van der Waals surface area contributed by atoms with Crippen LogP contribution in [0.5, 0.6) is 0 Å². The lowest BCUT2D eigenvalue weighted by atomic mass is 9.99. The Kier molecular flexibility index (Phi) is 7.92. The number of nitrogens with zero attached hydrogens (tertiary/aromatic N) is 2. The second kappa shape index (κ2) is 10.6. The molecule has 0 saturated heterocycles. The number of carbonyl (C=O) groups excluding carboxylic acids is 1. The number of esters is 1. The van der Waals surface area contributed by atoms with Gasteiger partial charge in [0, 0.05) is 16.7 Å². The van der Waals surface area contributed by atoms with Crippen LogP contribution in [-0.2, 0) is 25.8 Å². The van der Waals surface area contributed by atoms with E-state index in [4.69, 9.17) is 14.4 Å². The predicted molar refractivity (Wildman–Crippen MR) is 108 cm³/mol. The third-order valence-corrected chi connectivity index (χ3v) is 3.85. The van der Waals surface area contributed by atoms with E-state index in [9.17, 15) is 9.18 Å². The molecule has 0 saturated carbocycles. The van der Waals surface area contributed by atoms with Gasteiger partial charge in [-0.15, -0.1) is 0 Å². The molecule has 0 aliphatic heterocycles. The van der Waals surface area contributed by atoms with Crippen LogP contribution in [0.15, 0.2) is 52.8 Å². The first kappa shape index (κ1) is 21.6. The van der Waals surface area contributed by atoms with Gasteiger partial charge in [-0.2, -0.15) is 0 Å². The van der Waals surface area contributed by atoms with Gasteiger partial charge < -0.3 is 14.4 Å². The van der Waals surface area contributed by atoms with Crippen LogP contribution in [-0.4, -0.2) is 31.6 Å². The molecule has 0 N–H and O–H groups in total. The summed E-state index contributed by atoms with van der Waals surface area (Å²) in [6.07, 6.45) is 0. The zero-order valence-corrected chi connectivity index (χ0v) is 16.7. The van der Waals surface area contributed by atoms with Crippen molar-refractivity contribution < 1.29 is 23.6 Å². The van der Waals surface area contributed by atoms with Crippen molar-refractivity contribution in [2.24, 2.45) is 10.3 Å². The summed E-state index contributed by atoms with van der Waals surface area (Å²) in [4.78, 5) is 22.2. The van der Waals surface area contributed by atoms with E-state index in [1.54, 1.807) is 31.2 Å². The topological polar surface area (TPSA) is 69.5 Å². The van der Waals surface area contributed by atoms with Crippen LogP contribution < -0.4 is 0 Å². The standard InChI is InChI=1S/C22H21FN2O4/c1-15-7-5-10-19(21(25-28-4)22(26)27-3)20(15)14-29-24-16(2)11-12-17-8-6-9-18(23)13-17/h5-10,13H,14H2,1-4H3/b24-16+,25-21+. The molecule has 29 heavy (non-hydrogen) atoms. The Morgan fingerprint density at radius 1 is 1.14 bits per heavy atom. The van der Waals surface area contributed by atoms with Gasteiger partial charge in [0.25, 0.3) is 0 Å². The van der Waals surface area contributed by atoms with Gasteiger partial charge in [-0.1, -0.05) is 40.5 Å². The van der Waals surface area contributed by atoms with Gasteiger partial charge >= 0.3 is 5.97 Å². The molecule has 0 heterocycles. The number of halogens is 1. The summed E-state index contributed by atoms with van der Waals surface area (Å²) < 4.78 is 18.0. The number of oxime groups is 2. The highest BCUT2D eigenvalue weighted by atomic mass is 19.1. The third kappa shape index (κ3) is 6.18. The van der Waals surface area contributed by atoms with E-state index in [1.165, 1.54) is 26.4 Å². The molecule has 2 aromatic carbocycles. The molecule has 6 nitrogen and oxygen atoms in total. The fourth-order valence-electron chi connectivity index (χ4n) is 2.45. The van der Waals surface area contributed by atoms with Gasteiger partial charge in [0.1, 0.15) is 25.2 Å². The zero-order valence-electron chi connectivity index (χ0n) is 16.7. The fraction of sp³-hybridized carbons (Fsp3) is 0.227. The average molecular weight is 396 g/mol. The zero-order chi connectivity index (χ0) is 21.2. The van der Waals surface area contributed by atoms with Gasteiger partial charge in [0.2, 0.25) is 0 Å². The molecular formula is C22H21FN2O4. The van der Waals surface area contributed by atoms with Crippen molar-refractivity contribution in [2.45, 2.75) is 20.5 Å². The van der Waals surface area contributed by atoms with Crippen LogP contribution in [0.3, 0.4) is 0 Å². The summed E-state index contributed by atoms with van der Waals surface area (Å²) in [7, 11) is 2.62. The van der Waals surface area contributed by atoms with Gasteiger partial charge in [0.05, 0.1) is 7.11 Å². The SMILES string of the molecule is CO/N=C(/C(=O)OC)c1cccc(C)c1CO/N=C(\C)C#Cc1cccc(F)c1. The first-order valence-electron chi connectivity index (χ1n) is 8.68. The molecule has 7 heteroatoms. The number of methoxy groups -OCH3 is 1. The molecular weight excluding hydrogens is 375 g/mol. The van der Waals surface area contributed by atoms with Gasteiger partial charge in [0.15, 0.2) is 5.71 Å². The monoisotopic (exact) mass is 396 g/mol. The molecule has 0 atom stereocenters. The Bertz CT molecular complexity index is 1000. The van der Waals surface area contributed by atoms with Crippen molar-refractivity contribution in [3.8, 4) is 11.8 Å². The molecule has 0 aromatic heterocycles. The van der Waals surface area contributed by atoms with Crippen molar-refractivity contribution in [1.82, 2.24) is 0 Å². The average Bonchev–Trinajstić information content (AvgIpc) is 2.71. The van der Waals surface area contributed by atoms with Crippen LogP contribution >= 0.6 is 0 Å². The quantitative estimate of drug-likeness (QED) is 0.324. The highest BCUT2D eigenvalue weighted by molar-refractivity contribution is 6.43. The molecule has 0 amide bonds. The number of hydrogen-bond acceptors (Lipinski definition) is 6. The number of aryl methyl sites for hydroxylation is 1. The maximum Gasteiger partial charge on any atom is 0.360 e. The van der Waals surface area contributed by atoms with Gasteiger partial charge in [-0.05, 0) is 43.5 Å². The smallest absolute Gasteiger partial charge is 0.360 e. The number of carbonyl (C=O) groups is 1. The van der Waals surface area contributed by atoms with Crippen LogP contribution in [0.25, 0.3) is 0 Å². The third-order valence-electron chi connectivity index (χ3n) is 3.85. The largest absolute Gasteiger partial charge is 0.464 e. The lowest BCUT2D eigenvalue weighted by Gasteiger charge is -2.12. The molecule has 2 aromatic rings. The minimum absolute atomic E-state index is 0.0314. The van der Waals surface area contributed by atoms with Gasteiger partial charge in [-0.3, -0.25) is 0 Å². The van der Waals surface area contributed by atoms with E-state index in [0.717, 1.165) is 5.56 Å². The van der Waals surface area contributed by atoms with E-state index >= 15 is 0 Å². The minimum atomic E-state index is -0.626. The van der Waals surface area contributed by atoms with Crippen LogP contribution in [0.2, 0.25) is 0 Å². The van der Waals surface area contributed by atoms with Crippen molar-refractivity contribution in [3.05, 3.63) is 70.5 Å². The Morgan fingerprint density at radius 2 is 1.90 bits per heavy atom. The van der Waals surface area contributed by atoms with Crippen LogP contribution in [0, 0.1) is 24.6 Å². The summed E-state index contributed by atoms with van der Waals surface area (Å²) in [6, 6.07) is 11.4. The summed E-state index contributed by atoms with van der Waals surface area (Å²) in [6.45, 7) is 3.64. The minimum Gasteiger partial charge on any atom is -0.464 e. The Morgan fingerprint density at radius 3 is 2.59 bits per heavy atom. The first-order chi connectivity index (χ1) is 14.0. The first-order valence-corrected chi connectivity index (χ1v) is 8.68. The maximum atomic E-state index is 13.2.